The molecule has 3 heterocycles. The van der Waals surface area contributed by atoms with Crippen LogP contribution in [0.2, 0.25) is 0 Å². The number of halogens is 3. The average Bonchev–Trinajstić information content (AvgIpc) is 3.20. The summed E-state index contributed by atoms with van der Waals surface area (Å²) in [6.07, 6.45) is 4.74. The minimum Gasteiger partial charge on any atom is -0.382 e. The van der Waals surface area contributed by atoms with Gasteiger partial charge in [0, 0.05) is 22.7 Å². The third-order valence-corrected chi connectivity index (χ3v) is 4.87. The lowest BCUT2D eigenvalue weighted by molar-refractivity contribution is 0.573. The molecule has 4 aromatic rings. The van der Waals surface area contributed by atoms with Crippen molar-refractivity contribution < 1.29 is 8.78 Å². The Labute approximate surface area is 155 Å². The van der Waals surface area contributed by atoms with Crippen LogP contribution in [0.15, 0.2) is 47.5 Å². The van der Waals surface area contributed by atoms with Crippen molar-refractivity contribution in [1.29, 1.82) is 0 Å². The summed E-state index contributed by atoms with van der Waals surface area (Å²) in [5.41, 5.74) is 8.51. The van der Waals surface area contributed by atoms with Gasteiger partial charge in [0.05, 0.1) is 11.9 Å². The fourth-order valence-electron chi connectivity index (χ4n) is 2.88. The Hall–Kier alpha value is -2.81. The smallest absolute Gasteiger partial charge is 0.152 e. The molecule has 0 radical (unpaired) electrons. The molecule has 0 saturated carbocycles. The maximum Gasteiger partial charge on any atom is 0.152 e. The fourth-order valence-corrected chi connectivity index (χ4v) is 3.49. The molecule has 1 atom stereocenters. The van der Waals surface area contributed by atoms with E-state index < -0.39 is 11.6 Å². The highest BCUT2D eigenvalue weighted by Crippen LogP contribution is 2.32. The predicted octanol–water partition coefficient (Wildman–Crippen LogP) is 3.69. The van der Waals surface area contributed by atoms with E-state index in [0.29, 0.717) is 11.3 Å². The van der Waals surface area contributed by atoms with Gasteiger partial charge in [-0.05, 0) is 39.7 Å². The highest BCUT2D eigenvalue weighted by Gasteiger charge is 2.20. The zero-order valence-corrected chi connectivity index (χ0v) is 15.2. The Balaban J connectivity index is 1.76. The summed E-state index contributed by atoms with van der Waals surface area (Å²) in [4.78, 5) is 4.00. The lowest BCUT2D eigenvalue weighted by Gasteiger charge is -2.09. The van der Waals surface area contributed by atoms with Crippen LogP contribution in [0.4, 0.5) is 14.6 Å². The molecule has 2 N–H and O–H groups in total. The summed E-state index contributed by atoms with van der Waals surface area (Å²) in [6, 6.07) is 5.29. The first-order valence-electron chi connectivity index (χ1n) is 7.73. The van der Waals surface area contributed by atoms with Crippen molar-refractivity contribution in [2.45, 2.75) is 12.8 Å². The van der Waals surface area contributed by atoms with E-state index in [9.17, 15) is 8.78 Å². The van der Waals surface area contributed by atoms with E-state index in [0.717, 1.165) is 21.8 Å². The van der Waals surface area contributed by atoms with Crippen LogP contribution in [-0.4, -0.2) is 24.4 Å². The Morgan fingerprint density at radius 1 is 1.19 bits per heavy atom. The second kappa shape index (κ2) is 6.17. The molecule has 132 valence electrons. The van der Waals surface area contributed by atoms with E-state index in [1.807, 2.05) is 13.0 Å². The van der Waals surface area contributed by atoms with Gasteiger partial charge in [-0.1, -0.05) is 6.92 Å². The Morgan fingerprint density at radius 2 is 2.00 bits per heavy atom. The Morgan fingerprint density at radius 3 is 2.77 bits per heavy atom. The molecule has 0 spiro atoms. The van der Waals surface area contributed by atoms with E-state index in [1.165, 1.54) is 23.1 Å². The van der Waals surface area contributed by atoms with Crippen LogP contribution < -0.4 is 5.73 Å². The first-order chi connectivity index (χ1) is 12.5. The molecule has 1 unspecified atom stereocenters. The predicted molar refractivity (Wildman–Crippen MR) is 96.1 cm³/mol. The maximum atomic E-state index is 14.0. The van der Waals surface area contributed by atoms with Crippen LogP contribution in [-0.2, 0) is 0 Å². The van der Waals surface area contributed by atoms with Crippen LogP contribution in [0.25, 0.3) is 11.2 Å². The number of nitrogens with zero attached hydrogens (tertiary/aromatic N) is 5. The summed E-state index contributed by atoms with van der Waals surface area (Å²) in [5.74, 6) is -1.03. The number of benzene rings is 1. The van der Waals surface area contributed by atoms with Crippen LogP contribution in [0.5, 0.6) is 0 Å². The van der Waals surface area contributed by atoms with E-state index in [1.54, 1.807) is 16.9 Å². The fraction of sp³-hybridized carbons (Fsp3) is 0.118. The number of hydrogen-bond donors (Lipinski definition) is 1. The topological polar surface area (TPSA) is 74.0 Å². The lowest BCUT2D eigenvalue weighted by atomic mass is 10.0. The minimum absolute atomic E-state index is 0.0969. The zero-order chi connectivity index (χ0) is 18.4. The second-order valence-corrected chi connectivity index (χ2v) is 6.71. The van der Waals surface area contributed by atoms with Gasteiger partial charge in [0.25, 0.3) is 0 Å². The quantitative estimate of drug-likeness (QED) is 0.550. The average molecular weight is 419 g/mol. The molecule has 0 aliphatic carbocycles. The third kappa shape index (κ3) is 2.64. The highest BCUT2D eigenvalue weighted by molar-refractivity contribution is 9.10. The molecule has 0 aliphatic rings. The van der Waals surface area contributed by atoms with Crippen molar-refractivity contribution in [2.75, 3.05) is 5.73 Å². The Bertz CT molecular complexity index is 1120. The summed E-state index contributed by atoms with van der Waals surface area (Å²) in [7, 11) is 0. The molecule has 4 rings (SSSR count). The van der Waals surface area contributed by atoms with E-state index >= 15 is 0 Å². The molecule has 1 aromatic carbocycles. The summed E-state index contributed by atoms with van der Waals surface area (Å²) < 4.78 is 31.0. The SMILES string of the molecule is CC(c1cnn(-c2ccc(F)cc2F)c1)c1cc(Br)c2c(N)ncnn12. The molecule has 9 heteroatoms. The van der Waals surface area contributed by atoms with Crippen LogP contribution >= 0.6 is 15.9 Å². The molecular weight excluding hydrogens is 406 g/mol. The van der Waals surface area contributed by atoms with Crippen LogP contribution in [0, 0.1) is 11.6 Å². The molecule has 3 aromatic heterocycles. The van der Waals surface area contributed by atoms with Gasteiger partial charge in [0.15, 0.2) is 11.6 Å². The third-order valence-electron chi connectivity index (χ3n) is 4.27. The zero-order valence-electron chi connectivity index (χ0n) is 13.6. The molecule has 26 heavy (non-hydrogen) atoms. The number of anilines is 1. The minimum atomic E-state index is -0.677. The normalized spacial score (nSPS) is 12.6. The van der Waals surface area contributed by atoms with Gasteiger partial charge in [0.1, 0.15) is 23.3 Å². The largest absolute Gasteiger partial charge is 0.382 e. The molecule has 6 nitrogen and oxygen atoms in total. The molecular formula is C17H13BrF2N6. The Kier molecular flexibility index (Phi) is 3.95. The van der Waals surface area contributed by atoms with Crippen molar-refractivity contribution in [3.05, 3.63) is 70.4 Å². The first kappa shape index (κ1) is 16.6. The van der Waals surface area contributed by atoms with Gasteiger partial charge >= 0.3 is 0 Å². The van der Waals surface area contributed by atoms with Crippen molar-refractivity contribution in [1.82, 2.24) is 24.4 Å². The van der Waals surface area contributed by atoms with Gasteiger partial charge in [-0.2, -0.15) is 10.2 Å². The summed E-state index contributed by atoms with van der Waals surface area (Å²) in [5, 5.41) is 8.47. The number of aromatic nitrogens is 5. The van der Waals surface area contributed by atoms with Crippen molar-refractivity contribution in [3.63, 3.8) is 0 Å². The standard InChI is InChI=1S/C17H13BrF2N6/c1-9(15-5-12(18)16-17(21)22-8-24-26(15)16)10-6-23-25(7-10)14-3-2-11(19)4-13(14)20/h2-9H,1H3,(H2,21,22,24). The van der Waals surface area contributed by atoms with Crippen LogP contribution in [0.1, 0.15) is 24.1 Å². The molecule has 0 bridgehead atoms. The molecule has 0 aliphatic heterocycles. The number of nitrogens with two attached hydrogens (primary N) is 1. The number of rotatable bonds is 3. The van der Waals surface area contributed by atoms with Gasteiger partial charge in [-0.25, -0.2) is 23.0 Å². The maximum absolute atomic E-state index is 14.0. The van der Waals surface area contributed by atoms with E-state index in [2.05, 4.69) is 31.1 Å². The van der Waals surface area contributed by atoms with Gasteiger partial charge < -0.3 is 5.73 Å². The summed E-state index contributed by atoms with van der Waals surface area (Å²) >= 11 is 3.48. The van der Waals surface area contributed by atoms with Crippen LogP contribution in [0.3, 0.4) is 0 Å². The molecule has 0 fully saturated rings. The first-order valence-corrected chi connectivity index (χ1v) is 8.52. The van der Waals surface area contributed by atoms with E-state index in [4.69, 9.17) is 5.73 Å². The van der Waals surface area contributed by atoms with Crippen molar-refractivity contribution in [3.8, 4) is 5.69 Å². The van der Waals surface area contributed by atoms with Crippen molar-refractivity contribution in [2.24, 2.45) is 0 Å². The summed E-state index contributed by atoms with van der Waals surface area (Å²) in [6.45, 7) is 1.98. The number of nitrogen functional groups attached to an aromatic ring is 1. The highest BCUT2D eigenvalue weighted by atomic mass is 79.9. The van der Waals surface area contributed by atoms with Gasteiger partial charge in [-0.15, -0.1) is 0 Å². The van der Waals surface area contributed by atoms with E-state index in [-0.39, 0.29) is 11.6 Å². The van der Waals surface area contributed by atoms with Gasteiger partial charge in [-0.3, -0.25) is 0 Å². The second-order valence-electron chi connectivity index (χ2n) is 5.86. The monoisotopic (exact) mass is 418 g/mol. The number of fused-ring (bicyclic) bond motifs is 1. The lowest BCUT2D eigenvalue weighted by Crippen LogP contribution is -2.05. The molecule has 0 saturated heterocycles. The van der Waals surface area contributed by atoms with Crippen molar-refractivity contribution >= 4 is 27.3 Å². The number of hydrogen-bond acceptors (Lipinski definition) is 4. The van der Waals surface area contributed by atoms with Gasteiger partial charge in [0.2, 0.25) is 0 Å². The molecule has 0 amide bonds.